The van der Waals surface area contributed by atoms with Gasteiger partial charge < -0.3 is 4.74 Å². The average molecular weight is 327 g/mol. The van der Waals surface area contributed by atoms with Gasteiger partial charge in [0.2, 0.25) is 0 Å². The molecule has 0 radical (unpaired) electrons. The lowest BCUT2D eigenvalue weighted by atomic mass is 9.80. The summed E-state index contributed by atoms with van der Waals surface area (Å²) in [6, 6.07) is 6.63. The van der Waals surface area contributed by atoms with Crippen molar-refractivity contribution in [3.05, 3.63) is 53.1 Å². The number of carbonyl (C=O) groups is 1. The van der Waals surface area contributed by atoms with Gasteiger partial charge >= 0.3 is 0 Å². The normalized spacial score (nSPS) is 14.2. The average Bonchev–Trinajstić information content (AvgIpc) is 2.54. The molecule has 0 unspecified atom stereocenters. The lowest BCUT2D eigenvalue weighted by molar-refractivity contribution is -0.121. The summed E-state index contributed by atoms with van der Waals surface area (Å²) >= 11 is 0. The van der Waals surface area contributed by atoms with Crippen molar-refractivity contribution in [2.45, 2.75) is 51.9 Å². The first-order valence-electron chi connectivity index (χ1n) is 8.35. The van der Waals surface area contributed by atoms with E-state index in [2.05, 4.69) is 4.98 Å². The minimum absolute atomic E-state index is 0.110. The summed E-state index contributed by atoms with van der Waals surface area (Å²) < 4.78 is 20.4. The molecule has 24 heavy (non-hydrogen) atoms. The number of carbonyl (C=O) groups excluding carboxylic acids is 1. The van der Waals surface area contributed by atoms with Crippen LogP contribution in [0.2, 0.25) is 0 Å². The molecule has 0 bridgehead atoms. The molecule has 0 fully saturated rings. The minimum atomic E-state index is -0.956. The number of rotatable bonds is 4. The van der Waals surface area contributed by atoms with E-state index in [1.807, 2.05) is 6.07 Å². The molecular weight excluding hydrogens is 305 g/mol. The number of pyridine rings is 1. The maximum Gasteiger partial charge on any atom is 0.146 e. The van der Waals surface area contributed by atoms with Crippen molar-refractivity contribution in [2.75, 3.05) is 0 Å². The number of ketones is 1. The molecule has 0 saturated heterocycles. The predicted octanol–water partition coefficient (Wildman–Crippen LogP) is 4.76. The van der Waals surface area contributed by atoms with E-state index < -0.39 is 11.2 Å². The van der Waals surface area contributed by atoms with Gasteiger partial charge in [0.15, 0.2) is 0 Å². The second-order valence-corrected chi connectivity index (χ2v) is 6.88. The summed E-state index contributed by atoms with van der Waals surface area (Å²) in [6.45, 7) is 4.90. The van der Waals surface area contributed by atoms with Gasteiger partial charge in [-0.1, -0.05) is 6.07 Å². The lowest BCUT2D eigenvalue weighted by Crippen LogP contribution is -2.28. The Hall–Kier alpha value is -2.23. The molecule has 3 rings (SSSR count). The fourth-order valence-electron chi connectivity index (χ4n) is 3.12. The van der Waals surface area contributed by atoms with Crippen LogP contribution < -0.4 is 4.74 Å². The Morgan fingerprint density at radius 3 is 2.75 bits per heavy atom. The zero-order chi connectivity index (χ0) is 17.3. The Balaban J connectivity index is 1.99. The first-order valence-corrected chi connectivity index (χ1v) is 8.35. The molecule has 4 heteroatoms. The van der Waals surface area contributed by atoms with E-state index in [0.717, 1.165) is 25.0 Å². The molecule has 2 aromatic rings. The zero-order valence-corrected chi connectivity index (χ0v) is 14.4. The molecule has 0 atom stereocenters. The third kappa shape index (κ3) is 3.05. The molecule has 1 aromatic heterocycles. The molecular formula is C20H22FNO2. The smallest absolute Gasteiger partial charge is 0.146 e. The number of Topliss-reactive ketones (excluding diaryl/α,β-unsaturated/α-hetero) is 1. The van der Waals surface area contributed by atoms with Crippen molar-refractivity contribution in [3.63, 3.8) is 0 Å². The van der Waals surface area contributed by atoms with Gasteiger partial charge in [-0.15, -0.1) is 0 Å². The van der Waals surface area contributed by atoms with Crippen LogP contribution >= 0.6 is 0 Å². The third-order valence-electron chi connectivity index (χ3n) is 4.85. The number of aromatic nitrogens is 1. The Labute approximate surface area is 141 Å². The van der Waals surface area contributed by atoms with Crippen LogP contribution in [0.25, 0.3) is 0 Å². The molecule has 0 aliphatic heterocycles. The fraction of sp³-hybridized carbons (Fsp3) is 0.400. The van der Waals surface area contributed by atoms with Crippen LogP contribution in [0.4, 0.5) is 4.39 Å². The number of ether oxygens (including phenoxy) is 1. The molecule has 126 valence electrons. The minimum Gasteiger partial charge on any atom is -0.455 e. The van der Waals surface area contributed by atoms with Crippen molar-refractivity contribution in [1.29, 1.82) is 0 Å². The Kier molecular flexibility index (Phi) is 4.39. The van der Waals surface area contributed by atoms with E-state index >= 15 is 0 Å². The highest BCUT2D eigenvalue weighted by Gasteiger charge is 2.32. The maximum atomic E-state index is 14.4. The second-order valence-electron chi connectivity index (χ2n) is 6.88. The third-order valence-corrected chi connectivity index (χ3v) is 4.85. The van der Waals surface area contributed by atoms with Crippen LogP contribution in [0.5, 0.6) is 11.5 Å². The van der Waals surface area contributed by atoms with Crippen LogP contribution in [0.1, 0.15) is 50.4 Å². The second kappa shape index (κ2) is 6.34. The standard InChI is InChI=1S/C20H22FNO2/c1-13(23)20(2,3)19-16(21)8-6-10-18(19)24-15-11-14-7-4-5-9-17(14)22-12-15/h6,8,10-12H,4-5,7,9H2,1-3H3. The first kappa shape index (κ1) is 16.6. The number of hydrogen-bond acceptors (Lipinski definition) is 3. The predicted molar refractivity (Wildman–Crippen MR) is 91.1 cm³/mol. The monoisotopic (exact) mass is 327 g/mol. The number of halogens is 1. The molecule has 1 aliphatic carbocycles. The summed E-state index contributed by atoms with van der Waals surface area (Å²) in [7, 11) is 0. The number of benzene rings is 1. The molecule has 1 aliphatic rings. The highest BCUT2D eigenvalue weighted by atomic mass is 19.1. The largest absolute Gasteiger partial charge is 0.455 e. The van der Waals surface area contributed by atoms with E-state index in [1.54, 1.807) is 32.2 Å². The van der Waals surface area contributed by atoms with Crippen LogP contribution in [-0.4, -0.2) is 10.8 Å². The number of aryl methyl sites for hydroxylation is 2. The first-order chi connectivity index (χ1) is 11.4. The van der Waals surface area contributed by atoms with E-state index in [4.69, 9.17) is 4.74 Å². The van der Waals surface area contributed by atoms with Crippen molar-refractivity contribution >= 4 is 5.78 Å². The van der Waals surface area contributed by atoms with Crippen molar-refractivity contribution < 1.29 is 13.9 Å². The van der Waals surface area contributed by atoms with Gasteiger partial charge in [0.1, 0.15) is 23.1 Å². The van der Waals surface area contributed by atoms with E-state index in [1.165, 1.54) is 25.0 Å². The van der Waals surface area contributed by atoms with E-state index in [-0.39, 0.29) is 11.3 Å². The molecule has 1 heterocycles. The molecule has 1 aromatic carbocycles. The topological polar surface area (TPSA) is 39.2 Å². The lowest BCUT2D eigenvalue weighted by Gasteiger charge is -2.25. The van der Waals surface area contributed by atoms with Crippen LogP contribution in [0.3, 0.4) is 0 Å². The number of hydrogen-bond donors (Lipinski definition) is 0. The zero-order valence-electron chi connectivity index (χ0n) is 14.4. The van der Waals surface area contributed by atoms with Gasteiger partial charge in [-0.3, -0.25) is 9.78 Å². The highest BCUT2D eigenvalue weighted by molar-refractivity contribution is 5.88. The van der Waals surface area contributed by atoms with Crippen LogP contribution in [0, 0.1) is 5.82 Å². The molecule has 3 nitrogen and oxygen atoms in total. The van der Waals surface area contributed by atoms with Gasteiger partial charge in [0.25, 0.3) is 0 Å². The van der Waals surface area contributed by atoms with Gasteiger partial charge in [0.05, 0.1) is 11.6 Å². The van der Waals surface area contributed by atoms with Crippen molar-refractivity contribution in [2.24, 2.45) is 0 Å². The quantitative estimate of drug-likeness (QED) is 0.813. The van der Waals surface area contributed by atoms with Gasteiger partial charge in [0, 0.05) is 11.3 Å². The maximum absolute atomic E-state index is 14.4. The number of nitrogens with zero attached hydrogens (tertiary/aromatic N) is 1. The van der Waals surface area contributed by atoms with E-state index in [9.17, 15) is 9.18 Å². The molecule has 0 spiro atoms. The van der Waals surface area contributed by atoms with Gasteiger partial charge in [-0.25, -0.2) is 4.39 Å². The summed E-state index contributed by atoms with van der Waals surface area (Å²) in [5, 5.41) is 0. The van der Waals surface area contributed by atoms with Gasteiger partial charge in [-0.05, 0) is 70.2 Å². The van der Waals surface area contributed by atoms with E-state index in [0.29, 0.717) is 11.5 Å². The SMILES string of the molecule is CC(=O)C(C)(C)c1c(F)cccc1Oc1cnc2c(c1)CCCC2. The number of fused-ring (bicyclic) bond motifs is 1. The Bertz CT molecular complexity index is 783. The van der Waals surface area contributed by atoms with Crippen LogP contribution in [0.15, 0.2) is 30.5 Å². The van der Waals surface area contributed by atoms with Crippen LogP contribution in [-0.2, 0) is 23.1 Å². The molecule has 0 saturated carbocycles. The van der Waals surface area contributed by atoms with Crippen molar-refractivity contribution in [1.82, 2.24) is 4.98 Å². The Morgan fingerprint density at radius 2 is 2.00 bits per heavy atom. The van der Waals surface area contributed by atoms with Crippen molar-refractivity contribution in [3.8, 4) is 11.5 Å². The van der Waals surface area contributed by atoms with Gasteiger partial charge in [-0.2, -0.15) is 0 Å². The molecule has 0 amide bonds. The fourth-order valence-corrected chi connectivity index (χ4v) is 3.12. The summed E-state index contributed by atoms with van der Waals surface area (Å²) in [4.78, 5) is 16.5. The summed E-state index contributed by atoms with van der Waals surface area (Å²) in [6.07, 6.45) is 5.99. The summed E-state index contributed by atoms with van der Waals surface area (Å²) in [5.41, 5.74) is 1.65. The Morgan fingerprint density at radius 1 is 1.25 bits per heavy atom. The molecule has 0 N–H and O–H groups in total. The highest BCUT2D eigenvalue weighted by Crippen LogP contribution is 2.37. The summed E-state index contributed by atoms with van der Waals surface area (Å²) in [5.74, 6) is 0.411.